The second-order valence-electron chi connectivity index (χ2n) is 2.32. The van der Waals surface area contributed by atoms with E-state index in [0.717, 1.165) is 6.07 Å². The third-order valence-electron chi connectivity index (χ3n) is 1.13. The van der Waals surface area contributed by atoms with Gasteiger partial charge in [0, 0.05) is 13.0 Å². The van der Waals surface area contributed by atoms with Crippen molar-refractivity contribution < 1.29 is 13.9 Å². The van der Waals surface area contributed by atoms with E-state index < -0.39 is 11.6 Å². The van der Waals surface area contributed by atoms with Gasteiger partial charge in [-0.2, -0.15) is 0 Å². The second kappa shape index (κ2) is 3.21. The summed E-state index contributed by atoms with van der Waals surface area (Å²) in [4.78, 5) is 21.2. The summed E-state index contributed by atoms with van der Waals surface area (Å²) in [5.74, 6) is 0.176. The van der Waals surface area contributed by atoms with Crippen molar-refractivity contribution in [3.05, 3.63) is 28.3 Å². The Morgan fingerprint density at radius 2 is 2.17 bits per heavy atom. The molecule has 0 bridgehead atoms. The van der Waals surface area contributed by atoms with Crippen LogP contribution in [0.25, 0.3) is 0 Å². The molecule has 0 fully saturated rings. The average Bonchev–Trinajstić information content (AvgIpc) is 1.81. The van der Waals surface area contributed by atoms with Gasteiger partial charge >= 0.3 is 11.6 Å². The minimum Gasteiger partial charge on any atom is -0.428 e. The molecule has 4 nitrogen and oxygen atoms in total. The van der Waals surface area contributed by atoms with Crippen LogP contribution in [0, 0.1) is 6.92 Å². The van der Waals surface area contributed by atoms with Crippen LogP contribution in [0.1, 0.15) is 12.7 Å². The van der Waals surface area contributed by atoms with Crippen molar-refractivity contribution in [2.24, 2.45) is 0 Å². The number of carbonyl (C=O) groups excluding carboxylic acids is 1. The van der Waals surface area contributed by atoms with Crippen LogP contribution in [0.5, 0.6) is 5.75 Å². The Labute approximate surface area is 68.8 Å². The highest BCUT2D eigenvalue weighted by molar-refractivity contribution is 5.69. The molecule has 0 saturated carbocycles. The van der Waals surface area contributed by atoms with E-state index in [-0.39, 0.29) is 5.75 Å². The van der Waals surface area contributed by atoms with Crippen LogP contribution in [-0.4, -0.2) is 5.97 Å². The van der Waals surface area contributed by atoms with Crippen molar-refractivity contribution in [1.29, 1.82) is 0 Å². The number of hydrogen-bond acceptors (Lipinski definition) is 4. The fourth-order valence-electron chi connectivity index (χ4n) is 0.801. The SMILES string of the molecule is CC(=O)Oc1cc(C)oc(=O)c1. The Morgan fingerprint density at radius 1 is 1.50 bits per heavy atom. The van der Waals surface area contributed by atoms with E-state index in [2.05, 4.69) is 9.15 Å². The Hall–Kier alpha value is -1.58. The van der Waals surface area contributed by atoms with Gasteiger partial charge in [-0.3, -0.25) is 4.79 Å². The van der Waals surface area contributed by atoms with E-state index in [1.165, 1.54) is 13.0 Å². The number of esters is 1. The maximum absolute atomic E-state index is 10.7. The molecule has 1 rings (SSSR count). The largest absolute Gasteiger partial charge is 0.428 e. The molecule has 0 N–H and O–H groups in total. The van der Waals surface area contributed by atoms with Gasteiger partial charge in [0.15, 0.2) is 0 Å². The lowest BCUT2D eigenvalue weighted by Crippen LogP contribution is -2.05. The zero-order chi connectivity index (χ0) is 9.14. The van der Waals surface area contributed by atoms with E-state index >= 15 is 0 Å². The van der Waals surface area contributed by atoms with Crippen molar-refractivity contribution >= 4 is 5.97 Å². The van der Waals surface area contributed by atoms with Crippen molar-refractivity contribution in [3.63, 3.8) is 0 Å². The summed E-state index contributed by atoms with van der Waals surface area (Å²) in [6.07, 6.45) is 0. The first kappa shape index (κ1) is 8.52. The van der Waals surface area contributed by atoms with E-state index in [1.54, 1.807) is 6.92 Å². The van der Waals surface area contributed by atoms with Gasteiger partial charge in [-0.25, -0.2) is 4.79 Å². The van der Waals surface area contributed by atoms with Crippen LogP contribution in [0.2, 0.25) is 0 Å². The number of hydrogen-bond donors (Lipinski definition) is 0. The minimum atomic E-state index is -0.522. The first-order valence-electron chi connectivity index (χ1n) is 3.38. The van der Waals surface area contributed by atoms with E-state index in [1.807, 2.05) is 0 Å². The predicted octanol–water partition coefficient (Wildman–Crippen LogP) is 0.874. The molecule has 1 heterocycles. The zero-order valence-corrected chi connectivity index (χ0v) is 6.79. The molecule has 0 radical (unpaired) electrons. The Bertz CT molecular complexity index is 350. The third-order valence-corrected chi connectivity index (χ3v) is 1.13. The summed E-state index contributed by atoms with van der Waals surface area (Å²) < 4.78 is 9.33. The lowest BCUT2D eigenvalue weighted by Gasteiger charge is -1.99. The van der Waals surface area contributed by atoms with Gasteiger partial charge in [0.1, 0.15) is 11.5 Å². The number of carbonyl (C=O) groups is 1. The molecule has 0 aliphatic carbocycles. The maximum atomic E-state index is 10.7. The van der Waals surface area contributed by atoms with E-state index in [0.29, 0.717) is 5.76 Å². The Morgan fingerprint density at radius 3 is 2.67 bits per heavy atom. The lowest BCUT2D eigenvalue weighted by molar-refractivity contribution is -0.131. The molecule has 0 aromatic carbocycles. The fraction of sp³-hybridized carbons (Fsp3) is 0.250. The summed E-state index contributed by atoms with van der Waals surface area (Å²) in [7, 11) is 0. The highest BCUT2D eigenvalue weighted by atomic mass is 16.5. The first-order valence-corrected chi connectivity index (χ1v) is 3.38. The summed E-state index contributed by atoms with van der Waals surface area (Å²) in [6.45, 7) is 2.87. The molecule has 0 amide bonds. The van der Waals surface area contributed by atoms with Gasteiger partial charge in [0.2, 0.25) is 0 Å². The van der Waals surface area contributed by atoms with Crippen LogP contribution < -0.4 is 10.4 Å². The molecule has 0 aliphatic rings. The molecule has 0 spiro atoms. The Kier molecular flexibility index (Phi) is 2.28. The molecular formula is C8H8O4. The van der Waals surface area contributed by atoms with Crippen LogP contribution in [0.3, 0.4) is 0 Å². The normalized spacial score (nSPS) is 9.50. The smallest absolute Gasteiger partial charge is 0.339 e. The van der Waals surface area contributed by atoms with Gasteiger partial charge in [0.25, 0.3) is 0 Å². The molecule has 1 aromatic heterocycles. The number of aryl methyl sites for hydroxylation is 1. The van der Waals surface area contributed by atoms with Crippen molar-refractivity contribution in [3.8, 4) is 5.75 Å². The predicted molar refractivity (Wildman–Crippen MR) is 41.0 cm³/mol. The van der Waals surface area contributed by atoms with Gasteiger partial charge in [-0.15, -0.1) is 0 Å². The van der Waals surface area contributed by atoms with E-state index in [9.17, 15) is 9.59 Å². The molecule has 1 aromatic rings. The van der Waals surface area contributed by atoms with Crippen LogP contribution in [0.4, 0.5) is 0 Å². The summed E-state index contributed by atoms with van der Waals surface area (Å²) >= 11 is 0. The van der Waals surface area contributed by atoms with Crippen molar-refractivity contribution in [1.82, 2.24) is 0 Å². The van der Waals surface area contributed by atoms with Crippen molar-refractivity contribution in [2.45, 2.75) is 13.8 Å². The van der Waals surface area contributed by atoms with Crippen LogP contribution in [-0.2, 0) is 4.79 Å². The highest BCUT2D eigenvalue weighted by Gasteiger charge is 2.00. The summed E-state index contributed by atoms with van der Waals surface area (Å²) in [6, 6.07) is 2.59. The fourth-order valence-corrected chi connectivity index (χ4v) is 0.801. The molecule has 0 atom stereocenters. The van der Waals surface area contributed by atoms with Crippen LogP contribution in [0.15, 0.2) is 21.3 Å². The topological polar surface area (TPSA) is 56.5 Å². The summed E-state index contributed by atoms with van der Waals surface area (Å²) in [5.41, 5.74) is -0.522. The molecule has 12 heavy (non-hydrogen) atoms. The maximum Gasteiger partial charge on any atom is 0.339 e. The molecule has 4 heteroatoms. The quantitative estimate of drug-likeness (QED) is 0.584. The van der Waals surface area contributed by atoms with Gasteiger partial charge < -0.3 is 9.15 Å². The molecule has 0 saturated heterocycles. The zero-order valence-electron chi connectivity index (χ0n) is 6.79. The van der Waals surface area contributed by atoms with Gasteiger partial charge in [-0.05, 0) is 6.92 Å². The van der Waals surface area contributed by atoms with Gasteiger partial charge in [0.05, 0.1) is 6.07 Å². The second-order valence-corrected chi connectivity index (χ2v) is 2.32. The van der Waals surface area contributed by atoms with Gasteiger partial charge in [-0.1, -0.05) is 0 Å². The standard InChI is InChI=1S/C8H8O4/c1-5-3-7(12-6(2)9)4-8(10)11-5/h3-4H,1-2H3. The minimum absolute atomic E-state index is 0.219. The monoisotopic (exact) mass is 168 g/mol. The molecule has 64 valence electrons. The molecule has 0 unspecified atom stereocenters. The third kappa shape index (κ3) is 2.23. The molecule has 0 aliphatic heterocycles. The lowest BCUT2D eigenvalue weighted by atomic mass is 10.4. The first-order chi connectivity index (χ1) is 5.58. The highest BCUT2D eigenvalue weighted by Crippen LogP contribution is 2.08. The number of ether oxygens (including phenoxy) is 1. The van der Waals surface area contributed by atoms with E-state index in [4.69, 9.17) is 0 Å². The van der Waals surface area contributed by atoms with Crippen LogP contribution >= 0.6 is 0 Å². The summed E-state index contributed by atoms with van der Waals surface area (Å²) in [5, 5.41) is 0. The Balaban J connectivity index is 3.01. The molecular weight excluding hydrogens is 160 g/mol. The average molecular weight is 168 g/mol. The van der Waals surface area contributed by atoms with Crippen molar-refractivity contribution in [2.75, 3.05) is 0 Å². The number of rotatable bonds is 1.